The maximum absolute atomic E-state index is 13.9. The summed E-state index contributed by atoms with van der Waals surface area (Å²) in [6.45, 7) is 7.74. The largest absolute Gasteiger partial charge is 0.494 e. The number of nitrogens with one attached hydrogen (secondary N) is 2. The van der Waals surface area contributed by atoms with Gasteiger partial charge in [-0.05, 0) is 36.5 Å². The second-order valence-corrected chi connectivity index (χ2v) is 8.39. The summed E-state index contributed by atoms with van der Waals surface area (Å²) in [5.41, 5.74) is 0.947. The maximum atomic E-state index is 13.9. The molecule has 1 fully saturated rings. The number of methoxy groups -OCH3 is 1. The number of benzene rings is 1. The number of hydrogen-bond acceptors (Lipinski definition) is 4. The Labute approximate surface area is 202 Å². The number of hydrogen-bond donors (Lipinski definition) is 2. The summed E-state index contributed by atoms with van der Waals surface area (Å²) in [5, 5.41) is 6.81. The molecule has 2 rings (SSSR count). The van der Waals surface area contributed by atoms with Gasteiger partial charge in [-0.25, -0.2) is 9.38 Å². The second kappa shape index (κ2) is 13.7. The van der Waals surface area contributed by atoms with E-state index in [1.807, 2.05) is 6.07 Å². The van der Waals surface area contributed by atoms with Crippen LogP contribution in [0.4, 0.5) is 4.39 Å². The summed E-state index contributed by atoms with van der Waals surface area (Å²) in [4.78, 5) is 20.2. The van der Waals surface area contributed by atoms with Gasteiger partial charge in [-0.3, -0.25) is 9.69 Å². The molecule has 0 atom stereocenters. The van der Waals surface area contributed by atoms with Crippen molar-refractivity contribution in [3.05, 3.63) is 29.6 Å². The van der Waals surface area contributed by atoms with E-state index < -0.39 is 0 Å². The fraction of sp³-hybridized carbons (Fsp3) is 0.636. The van der Waals surface area contributed by atoms with Crippen molar-refractivity contribution in [3.8, 4) is 5.75 Å². The lowest BCUT2D eigenvalue weighted by Gasteiger charge is -2.33. The first-order valence-electron chi connectivity index (χ1n) is 10.6. The van der Waals surface area contributed by atoms with E-state index in [0.29, 0.717) is 17.9 Å². The number of rotatable bonds is 8. The van der Waals surface area contributed by atoms with Gasteiger partial charge in [-0.1, -0.05) is 19.9 Å². The van der Waals surface area contributed by atoms with Gasteiger partial charge in [0.05, 0.1) is 7.11 Å². The van der Waals surface area contributed by atoms with Crippen LogP contribution in [0.3, 0.4) is 0 Å². The van der Waals surface area contributed by atoms with Gasteiger partial charge in [-0.15, -0.1) is 24.0 Å². The molecule has 1 aliphatic heterocycles. The molecule has 0 radical (unpaired) electrons. The van der Waals surface area contributed by atoms with Gasteiger partial charge < -0.3 is 20.3 Å². The van der Waals surface area contributed by atoms with Crippen LogP contribution in [0, 0.1) is 11.7 Å². The molecule has 1 aliphatic rings. The molecule has 0 unspecified atom stereocenters. The predicted octanol–water partition coefficient (Wildman–Crippen LogP) is 2.70. The molecule has 9 heteroatoms. The molecule has 0 aromatic heterocycles. The Balaban J connectivity index is 0.00000480. The lowest BCUT2D eigenvalue weighted by atomic mass is 10.0. The van der Waals surface area contributed by atoms with Gasteiger partial charge in [0.25, 0.3) is 0 Å². The molecule has 1 saturated heterocycles. The highest BCUT2D eigenvalue weighted by Gasteiger charge is 2.21. The number of likely N-dealkylation sites (tertiary alicyclic amines) is 1. The summed E-state index contributed by atoms with van der Waals surface area (Å²) in [5.74, 6) is 1.09. The van der Waals surface area contributed by atoms with Gasteiger partial charge in [0.2, 0.25) is 5.91 Å². The number of guanidine groups is 1. The van der Waals surface area contributed by atoms with Crippen LogP contribution in [0.25, 0.3) is 0 Å². The first kappa shape index (κ1) is 27.4. The molecule has 1 heterocycles. The summed E-state index contributed by atoms with van der Waals surface area (Å²) in [7, 11) is 4.94. The zero-order valence-electron chi connectivity index (χ0n) is 19.3. The van der Waals surface area contributed by atoms with Crippen LogP contribution in [0.1, 0.15) is 32.3 Å². The zero-order chi connectivity index (χ0) is 22.1. The Kier molecular flexibility index (Phi) is 12.1. The third-order valence-electron chi connectivity index (χ3n) is 5.10. The lowest BCUT2D eigenvalue weighted by Crippen LogP contribution is -2.49. The van der Waals surface area contributed by atoms with Crippen molar-refractivity contribution in [2.75, 3.05) is 47.4 Å². The second-order valence-electron chi connectivity index (χ2n) is 8.39. The number of carbonyl (C=O) groups is 1. The molecule has 2 N–H and O–H groups in total. The van der Waals surface area contributed by atoms with E-state index >= 15 is 0 Å². The van der Waals surface area contributed by atoms with E-state index in [1.54, 1.807) is 31.1 Å². The van der Waals surface area contributed by atoms with Crippen molar-refractivity contribution in [1.29, 1.82) is 0 Å². The van der Waals surface area contributed by atoms with Crippen molar-refractivity contribution in [3.63, 3.8) is 0 Å². The van der Waals surface area contributed by atoms with E-state index in [4.69, 9.17) is 4.74 Å². The van der Waals surface area contributed by atoms with E-state index in [0.717, 1.165) is 44.6 Å². The zero-order valence-corrected chi connectivity index (χ0v) is 21.6. The normalized spacial score (nSPS) is 15.4. The average molecular weight is 549 g/mol. The number of carbonyl (C=O) groups excluding carboxylic acids is 1. The smallest absolute Gasteiger partial charge is 0.243 e. The first-order valence-corrected chi connectivity index (χ1v) is 10.6. The van der Waals surface area contributed by atoms with Crippen LogP contribution in [0.2, 0.25) is 0 Å². The monoisotopic (exact) mass is 549 g/mol. The minimum absolute atomic E-state index is 0. The van der Waals surface area contributed by atoms with E-state index in [2.05, 4.69) is 34.4 Å². The highest BCUT2D eigenvalue weighted by Crippen LogP contribution is 2.20. The quantitative estimate of drug-likeness (QED) is 0.297. The van der Waals surface area contributed by atoms with Gasteiger partial charge >= 0.3 is 0 Å². The first-order chi connectivity index (χ1) is 14.3. The molecular weight excluding hydrogens is 512 g/mol. The number of amides is 1. The molecule has 0 saturated carbocycles. The minimum Gasteiger partial charge on any atom is -0.494 e. The maximum Gasteiger partial charge on any atom is 0.243 e. The van der Waals surface area contributed by atoms with Crippen molar-refractivity contribution in [1.82, 2.24) is 20.4 Å². The van der Waals surface area contributed by atoms with Gasteiger partial charge in [0, 0.05) is 46.3 Å². The summed E-state index contributed by atoms with van der Waals surface area (Å²) >= 11 is 0. The van der Waals surface area contributed by atoms with Crippen molar-refractivity contribution in [2.45, 2.75) is 39.3 Å². The Hall–Kier alpha value is -1.62. The SMILES string of the molecule is COc1ccc(CN2CCC(NC(=NCC(=O)N(C)C)NCC(C)C)CC2)cc1F.I. The van der Waals surface area contributed by atoms with Gasteiger partial charge in [0.1, 0.15) is 6.54 Å². The Morgan fingerprint density at radius 2 is 2.00 bits per heavy atom. The number of nitrogens with zero attached hydrogens (tertiary/aromatic N) is 3. The van der Waals surface area contributed by atoms with Crippen molar-refractivity contribution < 1.29 is 13.9 Å². The fourth-order valence-electron chi connectivity index (χ4n) is 3.24. The van der Waals surface area contributed by atoms with Crippen LogP contribution in [0.15, 0.2) is 23.2 Å². The van der Waals surface area contributed by atoms with Crippen LogP contribution in [-0.2, 0) is 11.3 Å². The van der Waals surface area contributed by atoms with Crippen LogP contribution in [0.5, 0.6) is 5.75 Å². The van der Waals surface area contributed by atoms with Crippen molar-refractivity contribution >= 4 is 35.8 Å². The lowest BCUT2D eigenvalue weighted by molar-refractivity contribution is -0.127. The predicted molar refractivity (Wildman–Crippen MR) is 134 cm³/mol. The molecule has 31 heavy (non-hydrogen) atoms. The average Bonchev–Trinajstić information content (AvgIpc) is 2.71. The Bertz CT molecular complexity index is 722. The van der Waals surface area contributed by atoms with E-state index in [1.165, 1.54) is 7.11 Å². The molecule has 0 bridgehead atoms. The number of ether oxygens (including phenoxy) is 1. The van der Waals surface area contributed by atoms with Gasteiger partial charge in [-0.2, -0.15) is 0 Å². The molecule has 176 valence electrons. The van der Waals surface area contributed by atoms with Crippen molar-refractivity contribution in [2.24, 2.45) is 10.9 Å². The number of halogens is 2. The van der Waals surface area contributed by atoms with Gasteiger partial charge in [0.15, 0.2) is 17.5 Å². The van der Waals surface area contributed by atoms with Crippen LogP contribution in [-0.4, -0.2) is 75.1 Å². The number of piperidine rings is 1. The van der Waals surface area contributed by atoms with E-state index in [-0.39, 0.29) is 48.0 Å². The number of aliphatic imine (C=N–C) groups is 1. The molecule has 1 amide bonds. The fourth-order valence-corrected chi connectivity index (χ4v) is 3.24. The summed E-state index contributed by atoms with van der Waals surface area (Å²) in [6, 6.07) is 5.43. The Morgan fingerprint density at radius 3 is 2.55 bits per heavy atom. The summed E-state index contributed by atoms with van der Waals surface area (Å²) in [6.07, 6.45) is 1.92. The third kappa shape index (κ3) is 9.59. The third-order valence-corrected chi connectivity index (χ3v) is 5.10. The topological polar surface area (TPSA) is 69.2 Å². The Morgan fingerprint density at radius 1 is 1.32 bits per heavy atom. The number of likely N-dealkylation sites (N-methyl/N-ethyl adjacent to an activating group) is 1. The highest BCUT2D eigenvalue weighted by molar-refractivity contribution is 14.0. The van der Waals surface area contributed by atoms with E-state index in [9.17, 15) is 9.18 Å². The molecule has 7 nitrogen and oxygen atoms in total. The molecule has 1 aromatic carbocycles. The molecule has 0 aliphatic carbocycles. The molecular formula is C22H37FIN5O2. The minimum atomic E-state index is -0.323. The standard InChI is InChI=1S/C22H36FN5O2.HI/c1-16(2)13-24-22(25-14-21(29)27(3)4)26-18-8-10-28(11-9-18)15-17-6-7-20(30-5)19(23)12-17;/h6-7,12,16,18H,8-11,13-15H2,1-5H3,(H2,24,25,26);1H. The highest BCUT2D eigenvalue weighted by atomic mass is 127. The summed E-state index contributed by atoms with van der Waals surface area (Å²) < 4.78 is 18.9. The molecule has 0 spiro atoms. The van der Waals surface area contributed by atoms with Crippen LogP contribution >= 0.6 is 24.0 Å². The molecule has 1 aromatic rings. The van der Waals surface area contributed by atoms with Crippen LogP contribution < -0.4 is 15.4 Å².